The Balaban J connectivity index is 2.99. The van der Waals surface area contributed by atoms with E-state index in [9.17, 15) is 20.2 Å². The molecule has 1 unspecified atom stereocenters. The Hall–Kier alpha value is -1.74. The number of benzene rings is 1. The number of hydrogen-bond acceptors (Lipinski definition) is 5. The van der Waals surface area contributed by atoms with E-state index < -0.39 is 20.5 Å². The number of halogens is 1. The summed E-state index contributed by atoms with van der Waals surface area (Å²) in [5, 5.41) is 21.4. The quantitative estimate of drug-likeness (QED) is 0.278. The van der Waals surface area contributed by atoms with Crippen molar-refractivity contribution >= 4 is 27.3 Å². The number of alkyl halides is 1. The highest BCUT2D eigenvalue weighted by molar-refractivity contribution is 9.09. The molecule has 0 saturated carbocycles. The second-order valence-electron chi connectivity index (χ2n) is 5.17. The van der Waals surface area contributed by atoms with Crippen LogP contribution >= 0.6 is 15.9 Å². The first kappa shape index (κ1) is 19.3. The molecule has 9 heteroatoms. The number of rotatable bonds is 9. The van der Waals surface area contributed by atoms with Gasteiger partial charge in [-0.2, -0.15) is 0 Å². The summed E-state index contributed by atoms with van der Waals surface area (Å²) in [7, 11) is 0. The Kier molecular flexibility index (Phi) is 6.89. The first-order valence-electron chi connectivity index (χ1n) is 7.37. The number of nitrogens with zero attached hydrogens (tertiary/aromatic N) is 3. The van der Waals surface area contributed by atoms with Crippen LogP contribution in [-0.4, -0.2) is 45.5 Å². The highest BCUT2D eigenvalue weighted by atomic mass is 79.9. The number of non-ortho nitro benzene ring substituents is 1. The smallest absolute Gasteiger partial charge is 0.317 e. The van der Waals surface area contributed by atoms with Crippen molar-refractivity contribution in [3.05, 3.63) is 38.4 Å². The van der Waals surface area contributed by atoms with E-state index in [-0.39, 0.29) is 11.4 Å². The van der Waals surface area contributed by atoms with Crippen molar-refractivity contribution in [3.63, 3.8) is 0 Å². The number of quaternary nitrogens is 1. The zero-order valence-electron chi connectivity index (χ0n) is 13.4. The van der Waals surface area contributed by atoms with Gasteiger partial charge in [0.25, 0.3) is 5.69 Å². The number of nitro benzene ring substituents is 2. The molecule has 1 aromatic carbocycles. The summed E-state index contributed by atoms with van der Waals surface area (Å²) >= 11 is 3.41. The Morgan fingerprint density at radius 3 is 2.13 bits per heavy atom. The van der Waals surface area contributed by atoms with Crippen LogP contribution in [0.25, 0.3) is 0 Å². The van der Waals surface area contributed by atoms with Gasteiger partial charge in [-0.1, -0.05) is 0 Å². The molecular weight excluding hydrogens is 370 g/mol. The van der Waals surface area contributed by atoms with Crippen LogP contribution in [0.2, 0.25) is 0 Å². The molecule has 0 heterocycles. The summed E-state index contributed by atoms with van der Waals surface area (Å²) in [5.41, 5.74) is -0.748. The minimum Gasteiger partial charge on any atom is -0.466 e. The molecule has 1 aromatic rings. The van der Waals surface area contributed by atoms with E-state index in [2.05, 4.69) is 36.7 Å². The van der Waals surface area contributed by atoms with Gasteiger partial charge < -0.3 is 9.22 Å². The van der Waals surface area contributed by atoms with E-state index in [1.54, 1.807) is 0 Å². The molecule has 0 aromatic heterocycles. The lowest BCUT2D eigenvalue weighted by Gasteiger charge is -2.37. The average Bonchev–Trinajstić information content (AvgIpc) is 2.52. The van der Waals surface area contributed by atoms with Crippen molar-refractivity contribution in [2.24, 2.45) is 0 Å². The van der Waals surface area contributed by atoms with Crippen molar-refractivity contribution in [2.75, 3.05) is 26.2 Å². The number of ether oxygens (including phenoxy) is 1. The van der Waals surface area contributed by atoms with Crippen molar-refractivity contribution in [1.29, 1.82) is 0 Å². The fourth-order valence-corrected chi connectivity index (χ4v) is 3.21. The van der Waals surface area contributed by atoms with Crippen LogP contribution < -0.4 is 4.74 Å². The average molecular weight is 391 g/mol. The Bertz CT molecular complexity index is 569. The molecule has 1 rings (SSSR count). The van der Waals surface area contributed by atoms with Crippen molar-refractivity contribution < 1.29 is 19.1 Å². The fraction of sp³-hybridized carbons (Fsp3) is 0.571. The summed E-state index contributed by atoms with van der Waals surface area (Å²) in [6.45, 7) is 9.64. The highest BCUT2D eigenvalue weighted by Gasteiger charge is 2.28. The number of nitro groups is 2. The molecule has 0 saturated heterocycles. The van der Waals surface area contributed by atoms with Gasteiger partial charge in [0.1, 0.15) is 6.54 Å². The monoisotopic (exact) mass is 390 g/mol. The summed E-state index contributed by atoms with van der Waals surface area (Å²) in [5.74, 6) is 0.0175. The minimum atomic E-state index is -0.677. The van der Waals surface area contributed by atoms with Crippen LogP contribution in [0.5, 0.6) is 5.75 Å². The molecule has 0 spiro atoms. The minimum absolute atomic E-state index is 0.0175. The van der Waals surface area contributed by atoms with E-state index in [0.717, 1.165) is 30.2 Å². The number of hydrogen-bond donors (Lipinski definition) is 0. The van der Waals surface area contributed by atoms with Gasteiger partial charge in [-0.3, -0.25) is 20.2 Å². The normalized spacial score (nSPS) is 12.7. The lowest BCUT2D eigenvalue weighted by molar-refractivity contribution is -0.924. The highest BCUT2D eigenvalue weighted by Crippen LogP contribution is 2.32. The SMILES string of the molecule is CC[N+](CC)(CC)CC(Br)Oc1ccc([N+](=O)[O-])cc1[N+](=O)[O-]. The second-order valence-corrected chi connectivity index (χ2v) is 6.19. The molecule has 0 fully saturated rings. The molecule has 1 atom stereocenters. The lowest BCUT2D eigenvalue weighted by Crippen LogP contribution is -2.51. The van der Waals surface area contributed by atoms with Gasteiger partial charge in [-0.05, 0) is 42.8 Å². The third kappa shape index (κ3) is 4.87. The van der Waals surface area contributed by atoms with E-state index in [1.807, 2.05) is 0 Å². The first-order chi connectivity index (χ1) is 10.8. The van der Waals surface area contributed by atoms with Gasteiger partial charge in [0, 0.05) is 6.07 Å². The Morgan fingerprint density at radius 1 is 1.13 bits per heavy atom. The predicted molar refractivity (Wildman–Crippen MR) is 89.8 cm³/mol. The van der Waals surface area contributed by atoms with Gasteiger partial charge in [0.15, 0.2) is 5.75 Å². The predicted octanol–water partition coefficient (Wildman–Crippen LogP) is 3.48. The zero-order valence-corrected chi connectivity index (χ0v) is 15.0. The van der Waals surface area contributed by atoms with Gasteiger partial charge in [-0.15, -0.1) is 0 Å². The topological polar surface area (TPSA) is 95.5 Å². The van der Waals surface area contributed by atoms with Crippen molar-refractivity contribution in [3.8, 4) is 5.75 Å². The number of likely N-dealkylation sites (N-methyl/N-ethyl adjacent to an activating group) is 1. The van der Waals surface area contributed by atoms with Crippen LogP contribution in [0.1, 0.15) is 20.8 Å². The molecule has 0 bridgehead atoms. The van der Waals surface area contributed by atoms with Crippen molar-refractivity contribution in [2.45, 2.75) is 25.8 Å². The summed E-state index contributed by atoms with van der Waals surface area (Å²) in [6.07, 6.45) is 0. The fourth-order valence-electron chi connectivity index (χ4n) is 2.40. The van der Waals surface area contributed by atoms with E-state index in [4.69, 9.17) is 4.74 Å². The zero-order chi connectivity index (χ0) is 17.6. The molecule has 0 radical (unpaired) electrons. The molecule has 128 valence electrons. The molecule has 0 amide bonds. The van der Waals surface area contributed by atoms with E-state index in [0.29, 0.717) is 6.54 Å². The Morgan fingerprint density at radius 2 is 1.70 bits per heavy atom. The molecule has 0 aliphatic carbocycles. The molecule has 0 aliphatic heterocycles. The second kappa shape index (κ2) is 8.21. The molecule has 23 heavy (non-hydrogen) atoms. The summed E-state index contributed by atoms with van der Waals surface area (Å²) in [4.78, 5) is 20.5. The van der Waals surface area contributed by atoms with Gasteiger partial charge in [-0.25, -0.2) is 0 Å². The van der Waals surface area contributed by atoms with Crippen molar-refractivity contribution in [1.82, 2.24) is 0 Å². The molecule has 0 aliphatic rings. The van der Waals surface area contributed by atoms with Crippen LogP contribution in [-0.2, 0) is 0 Å². The van der Waals surface area contributed by atoms with E-state index >= 15 is 0 Å². The van der Waals surface area contributed by atoms with Crippen LogP contribution in [0.15, 0.2) is 18.2 Å². The summed E-state index contributed by atoms with van der Waals surface area (Å²) < 4.78 is 6.44. The maximum absolute atomic E-state index is 11.1. The first-order valence-corrected chi connectivity index (χ1v) is 8.28. The maximum Gasteiger partial charge on any atom is 0.317 e. The van der Waals surface area contributed by atoms with Crippen LogP contribution in [0.4, 0.5) is 11.4 Å². The molecule has 8 nitrogen and oxygen atoms in total. The third-order valence-corrected chi connectivity index (χ3v) is 4.62. The van der Waals surface area contributed by atoms with Gasteiger partial charge in [0.05, 0.1) is 35.5 Å². The standard InChI is InChI=1S/C14H21BrN3O5/c1-4-18(5-2,6-3)10-14(15)23-13-8-7-11(16(19)20)9-12(13)17(21)22/h7-9,14H,4-6,10H2,1-3H3/q+1. The third-order valence-electron chi connectivity index (χ3n) is 4.15. The molecule has 0 N–H and O–H groups in total. The van der Waals surface area contributed by atoms with E-state index in [1.165, 1.54) is 12.1 Å². The molecular formula is C14H21BrN3O5+. The van der Waals surface area contributed by atoms with Crippen LogP contribution in [0, 0.1) is 20.2 Å². The largest absolute Gasteiger partial charge is 0.466 e. The van der Waals surface area contributed by atoms with Gasteiger partial charge >= 0.3 is 5.69 Å². The maximum atomic E-state index is 11.1. The van der Waals surface area contributed by atoms with Gasteiger partial charge in [0.2, 0.25) is 5.01 Å². The lowest BCUT2D eigenvalue weighted by atomic mass is 10.2. The Labute approximate surface area is 143 Å². The summed E-state index contributed by atoms with van der Waals surface area (Å²) in [6, 6.07) is 3.38. The van der Waals surface area contributed by atoms with Crippen LogP contribution in [0.3, 0.4) is 0 Å².